The van der Waals surface area contributed by atoms with E-state index >= 15 is 0 Å². The quantitative estimate of drug-likeness (QED) is 0.835. The van der Waals surface area contributed by atoms with Crippen LogP contribution in [-0.4, -0.2) is 37.0 Å². The normalized spacial score (nSPS) is 16.4. The van der Waals surface area contributed by atoms with Gasteiger partial charge in [-0.1, -0.05) is 6.42 Å². The molecule has 1 atom stereocenters. The van der Waals surface area contributed by atoms with E-state index in [4.69, 9.17) is 9.15 Å². The third-order valence-electron chi connectivity index (χ3n) is 4.59. The molecule has 1 saturated heterocycles. The lowest BCUT2D eigenvalue weighted by Gasteiger charge is -2.33. The number of rotatable bonds is 7. The summed E-state index contributed by atoms with van der Waals surface area (Å²) in [5.41, 5.74) is 0.639. The lowest BCUT2D eigenvalue weighted by molar-refractivity contribution is 0.0914. The van der Waals surface area contributed by atoms with Gasteiger partial charge in [-0.05, 0) is 69.3 Å². The molecule has 1 aromatic heterocycles. The lowest BCUT2D eigenvalue weighted by Crippen LogP contribution is -2.40. The predicted molar refractivity (Wildman–Crippen MR) is 96.8 cm³/mol. The van der Waals surface area contributed by atoms with Crippen LogP contribution in [-0.2, 0) is 0 Å². The Morgan fingerprint density at radius 2 is 1.96 bits per heavy atom. The van der Waals surface area contributed by atoms with E-state index in [-0.39, 0.29) is 11.9 Å². The molecule has 2 aromatic rings. The number of carbonyl (C=O) groups is 1. The van der Waals surface area contributed by atoms with E-state index in [2.05, 4.69) is 10.2 Å². The van der Waals surface area contributed by atoms with Crippen LogP contribution in [0.2, 0.25) is 0 Å². The van der Waals surface area contributed by atoms with Crippen molar-refractivity contribution < 1.29 is 13.9 Å². The third kappa shape index (κ3) is 4.63. The van der Waals surface area contributed by atoms with E-state index in [1.807, 2.05) is 31.2 Å². The van der Waals surface area contributed by atoms with Gasteiger partial charge in [0.1, 0.15) is 11.5 Å². The van der Waals surface area contributed by atoms with Gasteiger partial charge < -0.3 is 14.5 Å². The Bertz CT molecular complexity index is 646. The maximum absolute atomic E-state index is 12.5. The standard InChI is InChI=1S/C20H26N2O3/c1-2-24-17-10-8-16(9-11-17)20(23)21-15-18(19-7-6-14-25-19)22-12-4-3-5-13-22/h6-11,14,18H,2-5,12-13,15H2,1H3,(H,21,23). The Kier molecular flexibility index (Phi) is 6.12. The smallest absolute Gasteiger partial charge is 0.251 e. The Morgan fingerprint density at radius 1 is 1.20 bits per heavy atom. The van der Waals surface area contributed by atoms with Gasteiger partial charge in [0, 0.05) is 12.1 Å². The number of ether oxygens (including phenoxy) is 1. The molecule has 0 spiro atoms. The number of amides is 1. The van der Waals surface area contributed by atoms with Crippen LogP contribution in [0, 0.1) is 0 Å². The number of nitrogens with one attached hydrogen (secondary N) is 1. The minimum absolute atomic E-state index is 0.0726. The molecule has 1 aromatic carbocycles. The monoisotopic (exact) mass is 342 g/mol. The topological polar surface area (TPSA) is 54.7 Å². The first-order valence-corrected chi connectivity index (χ1v) is 9.06. The minimum atomic E-state index is -0.0726. The molecule has 25 heavy (non-hydrogen) atoms. The average Bonchev–Trinajstić information content (AvgIpc) is 3.18. The highest BCUT2D eigenvalue weighted by molar-refractivity contribution is 5.94. The van der Waals surface area contributed by atoms with Crippen molar-refractivity contribution in [2.24, 2.45) is 0 Å². The SMILES string of the molecule is CCOc1ccc(C(=O)NCC(c2ccco2)N2CCCCC2)cc1. The fourth-order valence-electron chi connectivity index (χ4n) is 3.28. The largest absolute Gasteiger partial charge is 0.494 e. The van der Waals surface area contributed by atoms with Crippen molar-refractivity contribution in [2.75, 3.05) is 26.2 Å². The molecule has 1 fully saturated rings. The van der Waals surface area contributed by atoms with Crippen LogP contribution in [0.4, 0.5) is 0 Å². The van der Waals surface area contributed by atoms with Crippen LogP contribution >= 0.6 is 0 Å². The molecule has 5 heteroatoms. The first-order valence-electron chi connectivity index (χ1n) is 9.06. The maximum atomic E-state index is 12.5. The summed E-state index contributed by atoms with van der Waals surface area (Å²) >= 11 is 0. The highest BCUT2D eigenvalue weighted by Crippen LogP contribution is 2.24. The summed E-state index contributed by atoms with van der Waals surface area (Å²) < 4.78 is 11.0. The Balaban J connectivity index is 1.62. The number of likely N-dealkylation sites (tertiary alicyclic amines) is 1. The number of furan rings is 1. The summed E-state index contributed by atoms with van der Waals surface area (Å²) in [6.07, 6.45) is 5.37. The van der Waals surface area contributed by atoms with E-state index in [9.17, 15) is 4.79 Å². The molecule has 1 unspecified atom stereocenters. The van der Waals surface area contributed by atoms with E-state index < -0.39 is 0 Å². The van der Waals surface area contributed by atoms with Crippen LogP contribution in [0.25, 0.3) is 0 Å². The molecule has 2 heterocycles. The van der Waals surface area contributed by atoms with Crippen LogP contribution < -0.4 is 10.1 Å². The van der Waals surface area contributed by atoms with Crippen molar-refractivity contribution in [1.29, 1.82) is 0 Å². The summed E-state index contributed by atoms with van der Waals surface area (Å²) in [7, 11) is 0. The number of hydrogen-bond donors (Lipinski definition) is 1. The highest BCUT2D eigenvalue weighted by Gasteiger charge is 2.25. The molecule has 0 bridgehead atoms. The Morgan fingerprint density at radius 3 is 2.60 bits per heavy atom. The summed E-state index contributed by atoms with van der Waals surface area (Å²) in [5.74, 6) is 1.62. The molecule has 0 radical (unpaired) electrons. The van der Waals surface area contributed by atoms with Gasteiger partial charge in [-0.15, -0.1) is 0 Å². The minimum Gasteiger partial charge on any atom is -0.494 e. The molecule has 1 N–H and O–H groups in total. The van der Waals surface area contributed by atoms with E-state index in [1.165, 1.54) is 19.3 Å². The van der Waals surface area contributed by atoms with Crippen LogP contribution in [0.3, 0.4) is 0 Å². The van der Waals surface area contributed by atoms with E-state index in [0.717, 1.165) is 24.6 Å². The van der Waals surface area contributed by atoms with Crippen molar-refractivity contribution >= 4 is 5.91 Å². The summed E-state index contributed by atoms with van der Waals surface area (Å²) in [4.78, 5) is 14.9. The zero-order valence-electron chi connectivity index (χ0n) is 14.7. The maximum Gasteiger partial charge on any atom is 0.251 e. The summed E-state index contributed by atoms with van der Waals surface area (Å²) in [6, 6.07) is 11.2. The highest BCUT2D eigenvalue weighted by atomic mass is 16.5. The van der Waals surface area contributed by atoms with Crippen molar-refractivity contribution in [1.82, 2.24) is 10.2 Å². The van der Waals surface area contributed by atoms with Crippen molar-refractivity contribution in [3.05, 3.63) is 54.0 Å². The first kappa shape index (κ1) is 17.5. The van der Waals surface area contributed by atoms with Crippen LogP contribution in [0.15, 0.2) is 47.1 Å². The van der Waals surface area contributed by atoms with Gasteiger partial charge >= 0.3 is 0 Å². The average molecular weight is 342 g/mol. The third-order valence-corrected chi connectivity index (χ3v) is 4.59. The molecular weight excluding hydrogens is 316 g/mol. The van der Waals surface area contributed by atoms with Crippen molar-refractivity contribution in [3.63, 3.8) is 0 Å². The molecule has 1 aliphatic rings. The number of hydrogen-bond acceptors (Lipinski definition) is 4. The van der Waals surface area contributed by atoms with Gasteiger partial charge in [0.2, 0.25) is 0 Å². The second-order valence-corrected chi connectivity index (χ2v) is 6.30. The number of benzene rings is 1. The van der Waals surface area contributed by atoms with Crippen LogP contribution in [0.1, 0.15) is 48.3 Å². The molecule has 1 amide bonds. The predicted octanol–water partition coefficient (Wildman–Crippen LogP) is 3.64. The van der Waals surface area contributed by atoms with Gasteiger partial charge in [0.25, 0.3) is 5.91 Å². The van der Waals surface area contributed by atoms with Gasteiger partial charge in [0.05, 0.1) is 18.9 Å². The van der Waals surface area contributed by atoms with Gasteiger partial charge in [-0.25, -0.2) is 0 Å². The van der Waals surface area contributed by atoms with Gasteiger partial charge in [0.15, 0.2) is 0 Å². The Hall–Kier alpha value is -2.27. The molecular formula is C20H26N2O3. The molecule has 0 aliphatic carbocycles. The lowest BCUT2D eigenvalue weighted by atomic mass is 10.1. The van der Waals surface area contributed by atoms with Gasteiger partial charge in [-0.2, -0.15) is 0 Å². The van der Waals surface area contributed by atoms with Crippen LogP contribution in [0.5, 0.6) is 5.75 Å². The zero-order chi connectivity index (χ0) is 17.5. The van der Waals surface area contributed by atoms with Crippen molar-refractivity contribution in [2.45, 2.75) is 32.2 Å². The molecule has 0 saturated carbocycles. The molecule has 1 aliphatic heterocycles. The van der Waals surface area contributed by atoms with Gasteiger partial charge in [-0.3, -0.25) is 9.69 Å². The fourth-order valence-corrected chi connectivity index (χ4v) is 3.28. The molecule has 134 valence electrons. The van der Waals surface area contributed by atoms with Crippen molar-refractivity contribution in [3.8, 4) is 5.75 Å². The molecule has 5 nitrogen and oxygen atoms in total. The fraction of sp³-hybridized carbons (Fsp3) is 0.450. The van der Waals surface area contributed by atoms with E-state index in [0.29, 0.717) is 18.7 Å². The van der Waals surface area contributed by atoms with E-state index in [1.54, 1.807) is 18.4 Å². The number of nitrogens with zero attached hydrogens (tertiary/aromatic N) is 1. The Labute approximate surface area is 149 Å². The molecule has 3 rings (SSSR count). The summed E-state index contributed by atoms with van der Waals surface area (Å²) in [6.45, 7) is 5.19. The first-order chi connectivity index (χ1) is 12.3. The second-order valence-electron chi connectivity index (χ2n) is 6.30. The number of piperidine rings is 1. The number of carbonyl (C=O) groups excluding carboxylic acids is 1. The zero-order valence-corrected chi connectivity index (χ0v) is 14.7. The summed E-state index contributed by atoms with van der Waals surface area (Å²) in [5, 5.41) is 3.05. The second kappa shape index (κ2) is 8.72.